The molecule has 3 N–H and O–H groups in total. The Kier molecular flexibility index (Phi) is 7.62. The third kappa shape index (κ3) is 5.86. The van der Waals surface area contributed by atoms with Gasteiger partial charge in [-0.2, -0.15) is 0 Å². The van der Waals surface area contributed by atoms with Crippen LogP contribution in [0.15, 0.2) is 46.9 Å². The summed E-state index contributed by atoms with van der Waals surface area (Å²) < 4.78 is 5.88. The highest BCUT2D eigenvalue weighted by Gasteiger charge is 2.12. The van der Waals surface area contributed by atoms with Crippen LogP contribution in [0.5, 0.6) is 0 Å². The Morgan fingerprint density at radius 2 is 1.88 bits per heavy atom. The lowest BCUT2D eigenvalue weighted by Gasteiger charge is -2.13. The molecule has 2 aromatic carbocycles. The topological polar surface area (TPSA) is 79.5 Å². The van der Waals surface area contributed by atoms with Crippen molar-refractivity contribution >= 4 is 39.1 Å². The van der Waals surface area contributed by atoms with Crippen LogP contribution in [0.4, 0.5) is 11.4 Å². The van der Waals surface area contributed by atoms with Crippen LogP contribution >= 0.6 is 15.9 Å². The number of carbonyl (C=O) groups excluding carboxylic acids is 2. The van der Waals surface area contributed by atoms with Gasteiger partial charge in [0.15, 0.2) is 0 Å². The van der Waals surface area contributed by atoms with Crippen molar-refractivity contribution in [3.63, 3.8) is 0 Å². The van der Waals surface area contributed by atoms with Crippen LogP contribution < -0.4 is 16.0 Å². The zero-order valence-electron chi connectivity index (χ0n) is 14.8. The molecular formula is C19H22BrN3O3. The van der Waals surface area contributed by atoms with Gasteiger partial charge in [0.25, 0.3) is 5.91 Å². The summed E-state index contributed by atoms with van der Waals surface area (Å²) in [6.07, 6.45) is 0. The first-order valence-electron chi connectivity index (χ1n) is 8.17. The third-order valence-electron chi connectivity index (χ3n) is 3.67. The summed E-state index contributed by atoms with van der Waals surface area (Å²) in [6, 6.07) is 12.7. The van der Waals surface area contributed by atoms with Crippen LogP contribution in [0.25, 0.3) is 0 Å². The lowest BCUT2D eigenvalue weighted by Crippen LogP contribution is -2.28. The van der Waals surface area contributed by atoms with Crippen molar-refractivity contribution < 1.29 is 14.3 Å². The molecule has 0 atom stereocenters. The van der Waals surface area contributed by atoms with Crippen LogP contribution in [0.2, 0.25) is 0 Å². The van der Waals surface area contributed by atoms with E-state index in [1.165, 1.54) is 0 Å². The number of aryl methyl sites for hydroxylation is 1. The fourth-order valence-corrected chi connectivity index (χ4v) is 2.81. The molecule has 0 bridgehead atoms. The number of rotatable bonds is 8. The molecule has 0 fully saturated rings. The first-order valence-corrected chi connectivity index (χ1v) is 8.96. The maximum absolute atomic E-state index is 12.2. The van der Waals surface area contributed by atoms with E-state index in [0.29, 0.717) is 24.4 Å². The van der Waals surface area contributed by atoms with Crippen molar-refractivity contribution in [2.75, 3.05) is 37.4 Å². The third-order valence-corrected chi connectivity index (χ3v) is 4.16. The van der Waals surface area contributed by atoms with Gasteiger partial charge in [-0.15, -0.1) is 0 Å². The van der Waals surface area contributed by atoms with E-state index in [2.05, 4.69) is 31.9 Å². The molecule has 6 nitrogen and oxygen atoms in total. The van der Waals surface area contributed by atoms with Gasteiger partial charge in [0.2, 0.25) is 5.91 Å². The Labute approximate surface area is 161 Å². The molecule has 0 saturated carbocycles. The van der Waals surface area contributed by atoms with Gasteiger partial charge in [-0.05, 0) is 42.8 Å². The molecule has 0 aliphatic carbocycles. The average Bonchev–Trinajstić information content (AvgIpc) is 2.62. The second-order valence-corrected chi connectivity index (χ2v) is 6.57. The molecule has 0 saturated heterocycles. The number of para-hydroxylation sites is 1. The number of methoxy groups -OCH3 is 1. The highest BCUT2D eigenvalue weighted by atomic mass is 79.9. The van der Waals surface area contributed by atoms with E-state index < -0.39 is 0 Å². The molecular weight excluding hydrogens is 398 g/mol. The van der Waals surface area contributed by atoms with Crippen molar-refractivity contribution in [1.29, 1.82) is 0 Å². The second kappa shape index (κ2) is 9.94. The molecule has 0 aromatic heterocycles. The van der Waals surface area contributed by atoms with Gasteiger partial charge in [0.1, 0.15) is 0 Å². The summed E-state index contributed by atoms with van der Waals surface area (Å²) in [5.41, 5.74) is 2.80. The molecule has 0 unspecified atom stereocenters. The van der Waals surface area contributed by atoms with E-state index in [0.717, 1.165) is 15.7 Å². The van der Waals surface area contributed by atoms with Crippen molar-refractivity contribution in [3.8, 4) is 0 Å². The molecule has 2 amide bonds. The summed E-state index contributed by atoms with van der Waals surface area (Å²) in [4.78, 5) is 24.5. The van der Waals surface area contributed by atoms with Gasteiger partial charge in [-0.25, -0.2) is 0 Å². The minimum absolute atomic E-state index is 0.0534. The number of ether oxygens (including phenoxy) is 1. The molecule has 7 heteroatoms. The smallest absolute Gasteiger partial charge is 0.253 e. The zero-order chi connectivity index (χ0) is 18.9. The normalized spacial score (nSPS) is 10.3. The minimum Gasteiger partial charge on any atom is -0.383 e. The van der Waals surface area contributed by atoms with Crippen molar-refractivity contribution in [3.05, 3.63) is 58.1 Å². The van der Waals surface area contributed by atoms with Gasteiger partial charge in [0, 0.05) is 29.5 Å². The van der Waals surface area contributed by atoms with E-state index in [1.54, 1.807) is 25.3 Å². The predicted octanol–water partition coefficient (Wildman–Crippen LogP) is 3.18. The first-order chi connectivity index (χ1) is 12.5. The number of nitrogens with one attached hydrogen (secondary N) is 3. The standard InChI is InChI=1S/C19H22BrN3O3/c1-13-11-14(20)7-8-16(13)23-18(24)12-22-17-6-4-3-5-15(17)19(25)21-9-10-26-2/h3-8,11,22H,9-10,12H2,1-2H3,(H,21,25)(H,23,24). The molecule has 0 aliphatic heterocycles. The van der Waals surface area contributed by atoms with Crippen LogP contribution in [0, 0.1) is 6.92 Å². The minimum atomic E-state index is -0.214. The van der Waals surface area contributed by atoms with Gasteiger partial charge >= 0.3 is 0 Å². The Bertz CT molecular complexity index is 780. The average molecular weight is 420 g/mol. The van der Waals surface area contributed by atoms with Crippen molar-refractivity contribution in [1.82, 2.24) is 5.32 Å². The van der Waals surface area contributed by atoms with E-state index in [4.69, 9.17) is 4.74 Å². The van der Waals surface area contributed by atoms with Crippen LogP contribution in [0.3, 0.4) is 0 Å². The summed E-state index contributed by atoms with van der Waals surface area (Å²) >= 11 is 3.40. The van der Waals surface area contributed by atoms with Gasteiger partial charge in [-0.1, -0.05) is 28.1 Å². The number of halogens is 1. The van der Waals surface area contributed by atoms with Crippen molar-refractivity contribution in [2.45, 2.75) is 6.92 Å². The maximum Gasteiger partial charge on any atom is 0.253 e. The Morgan fingerprint density at radius 1 is 1.12 bits per heavy atom. The van der Waals surface area contributed by atoms with Crippen molar-refractivity contribution in [2.24, 2.45) is 0 Å². The van der Waals surface area contributed by atoms with Gasteiger partial charge < -0.3 is 20.7 Å². The summed E-state index contributed by atoms with van der Waals surface area (Å²) in [7, 11) is 1.58. The van der Waals surface area contributed by atoms with E-state index >= 15 is 0 Å². The van der Waals surface area contributed by atoms with Crippen LogP contribution in [0.1, 0.15) is 15.9 Å². The fraction of sp³-hybridized carbons (Fsp3) is 0.263. The number of anilines is 2. The van der Waals surface area contributed by atoms with E-state index in [9.17, 15) is 9.59 Å². The molecule has 138 valence electrons. The fourth-order valence-electron chi connectivity index (χ4n) is 2.33. The molecule has 0 spiro atoms. The molecule has 2 rings (SSSR count). The number of hydrogen-bond acceptors (Lipinski definition) is 4. The van der Waals surface area contributed by atoms with Gasteiger partial charge in [0.05, 0.1) is 18.7 Å². The Balaban J connectivity index is 1.96. The lowest BCUT2D eigenvalue weighted by atomic mass is 10.1. The van der Waals surface area contributed by atoms with Crippen LogP contribution in [-0.4, -0.2) is 38.6 Å². The quantitative estimate of drug-likeness (QED) is 0.574. The van der Waals surface area contributed by atoms with E-state index in [-0.39, 0.29) is 18.4 Å². The van der Waals surface area contributed by atoms with E-state index in [1.807, 2.05) is 31.2 Å². The van der Waals surface area contributed by atoms with Crippen LogP contribution in [-0.2, 0) is 9.53 Å². The Morgan fingerprint density at radius 3 is 2.62 bits per heavy atom. The number of benzene rings is 2. The highest BCUT2D eigenvalue weighted by molar-refractivity contribution is 9.10. The summed E-state index contributed by atoms with van der Waals surface area (Å²) in [5, 5.41) is 8.65. The summed E-state index contributed by atoms with van der Waals surface area (Å²) in [5.74, 6) is -0.403. The highest BCUT2D eigenvalue weighted by Crippen LogP contribution is 2.20. The molecule has 26 heavy (non-hydrogen) atoms. The lowest BCUT2D eigenvalue weighted by molar-refractivity contribution is -0.114. The van der Waals surface area contributed by atoms with Gasteiger partial charge in [-0.3, -0.25) is 9.59 Å². The number of carbonyl (C=O) groups is 2. The monoisotopic (exact) mass is 419 g/mol. The largest absolute Gasteiger partial charge is 0.383 e. The molecule has 0 radical (unpaired) electrons. The number of hydrogen-bond donors (Lipinski definition) is 3. The number of amides is 2. The molecule has 0 heterocycles. The zero-order valence-corrected chi connectivity index (χ0v) is 16.4. The SMILES string of the molecule is COCCNC(=O)c1ccccc1NCC(=O)Nc1ccc(Br)cc1C. The molecule has 2 aromatic rings. The summed E-state index contributed by atoms with van der Waals surface area (Å²) in [6.45, 7) is 2.84. The molecule has 0 aliphatic rings. The Hall–Kier alpha value is -2.38. The second-order valence-electron chi connectivity index (χ2n) is 5.66. The maximum atomic E-state index is 12.2. The first kappa shape index (κ1) is 19.9. The predicted molar refractivity (Wildman–Crippen MR) is 107 cm³/mol.